The molecule has 0 aliphatic heterocycles. The molecule has 0 unspecified atom stereocenters. The number of hydrogen-bond donors (Lipinski definition) is 2. The number of nitrogens with one attached hydrogen (secondary N) is 1. The molecule has 0 saturated heterocycles. The van der Waals surface area contributed by atoms with Crippen molar-refractivity contribution in [3.8, 4) is 0 Å². The molecule has 0 aliphatic rings. The van der Waals surface area contributed by atoms with Gasteiger partial charge in [0.25, 0.3) is 0 Å². The molecule has 98 valence electrons. The summed E-state index contributed by atoms with van der Waals surface area (Å²) < 4.78 is 27.5. The molecule has 2 aromatic rings. The third-order valence-electron chi connectivity index (χ3n) is 2.15. The maximum atomic E-state index is 13.6. The molecule has 1 heterocycles. The van der Waals surface area contributed by atoms with E-state index in [1.807, 2.05) is 0 Å². The van der Waals surface area contributed by atoms with E-state index in [1.165, 1.54) is 12.3 Å². The van der Waals surface area contributed by atoms with Crippen LogP contribution in [0.3, 0.4) is 0 Å². The Bertz CT molecular complexity index is 627. The lowest BCUT2D eigenvalue weighted by Crippen LogP contribution is -2.13. The minimum absolute atomic E-state index is 0.00502. The van der Waals surface area contributed by atoms with E-state index in [0.717, 1.165) is 12.1 Å². The van der Waals surface area contributed by atoms with Gasteiger partial charge in [0.1, 0.15) is 16.4 Å². The van der Waals surface area contributed by atoms with Crippen LogP contribution in [-0.2, 0) is 0 Å². The summed E-state index contributed by atoms with van der Waals surface area (Å²) in [5.74, 6) is -1.53. The average Bonchev–Trinajstić information content (AvgIpc) is 2.34. The first-order valence-electron chi connectivity index (χ1n) is 5.02. The molecule has 1 aromatic carbocycles. The van der Waals surface area contributed by atoms with E-state index in [-0.39, 0.29) is 16.6 Å². The largest absolute Gasteiger partial charge is 0.388 e. The standard InChI is InChI=1S/C11H7BrF2N4S/c12-5-3-6(13)9(7(14)4-5)18-11-16-2-1-8(17-11)10(15)19/h1-4H,(H2,15,19)(H,16,17,18). The third kappa shape index (κ3) is 3.21. The summed E-state index contributed by atoms with van der Waals surface area (Å²) in [6.07, 6.45) is 1.39. The first kappa shape index (κ1) is 13.8. The summed E-state index contributed by atoms with van der Waals surface area (Å²) >= 11 is 7.75. The van der Waals surface area contributed by atoms with Gasteiger partial charge in [0.2, 0.25) is 5.95 Å². The van der Waals surface area contributed by atoms with E-state index in [9.17, 15) is 8.78 Å². The van der Waals surface area contributed by atoms with Crippen LogP contribution in [0.1, 0.15) is 5.69 Å². The van der Waals surface area contributed by atoms with Crippen LogP contribution in [0.2, 0.25) is 0 Å². The van der Waals surface area contributed by atoms with Gasteiger partial charge in [-0.2, -0.15) is 0 Å². The van der Waals surface area contributed by atoms with Gasteiger partial charge in [-0.15, -0.1) is 0 Å². The number of halogens is 3. The molecule has 0 atom stereocenters. The number of nitrogens with zero attached hydrogens (tertiary/aromatic N) is 2. The smallest absolute Gasteiger partial charge is 0.227 e. The number of rotatable bonds is 3. The number of anilines is 2. The van der Waals surface area contributed by atoms with E-state index in [4.69, 9.17) is 18.0 Å². The molecule has 0 fully saturated rings. The Labute approximate surface area is 121 Å². The van der Waals surface area contributed by atoms with Crippen LogP contribution in [0.25, 0.3) is 0 Å². The summed E-state index contributed by atoms with van der Waals surface area (Å²) in [7, 11) is 0. The number of aromatic nitrogens is 2. The molecular formula is C11H7BrF2N4S. The van der Waals surface area contributed by atoms with Gasteiger partial charge < -0.3 is 11.1 Å². The van der Waals surface area contributed by atoms with Gasteiger partial charge >= 0.3 is 0 Å². The summed E-state index contributed by atoms with van der Waals surface area (Å²) in [5, 5.41) is 2.45. The lowest BCUT2D eigenvalue weighted by atomic mass is 10.3. The molecule has 1 aromatic heterocycles. The van der Waals surface area contributed by atoms with Crippen molar-refractivity contribution in [3.05, 3.63) is 46.2 Å². The fraction of sp³-hybridized carbons (Fsp3) is 0. The lowest BCUT2D eigenvalue weighted by Gasteiger charge is -2.08. The molecule has 0 bridgehead atoms. The highest BCUT2D eigenvalue weighted by atomic mass is 79.9. The van der Waals surface area contributed by atoms with Gasteiger partial charge in [-0.1, -0.05) is 28.1 Å². The second-order valence-corrected chi connectivity index (χ2v) is 4.85. The first-order chi connectivity index (χ1) is 8.97. The van der Waals surface area contributed by atoms with Crippen LogP contribution in [0.4, 0.5) is 20.4 Å². The molecule has 0 spiro atoms. The molecule has 4 nitrogen and oxygen atoms in total. The molecule has 8 heteroatoms. The van der Waals surface area contributed by atoms with Gasteiger partial charge in [0, 0.05) is 10.7 Å². The fourth-order valence-electron chi connectivity index (χ4n) is 1.33. The maximum absolute atomic E-state index is 13.6. The minimum atomic E-state index is -0.767. The van der Waals surface area contributed by atoms with Crippen LogP contribution >= 0.6 is 28.1 Å². The van der Waals surface area contributed by atoms with Crippen molar-refractivity contribution >= 4 is 44.8 Å². The Kier molecular flexibility index (Phi) is 4.01. The third-order valence-corrected chi connectivity index (χ3v) is 2.82. The molecule has 0 saturated carbocycles. The van der Waals surface area contributed by atoms with E-state index in [0.29, 0.717) is 10.2 Å². The van der Waals surface area contributed by atoms with Crippen molar-refractivity contribution in [2.45, 2.75) is 0 Å². The Morgan fingerprint density at radius 3 is 2.53 bits per heavy atom. The highest BCUT2D eigenvalue weighted by Crippen LogP contribution is 2.25. The van der Waals surface area contributed by atoms with Crippen molar-refractivity contribution in [2.75, 3.05) is 5.32 Å². The van der Waals surface area contributed by atoms with Crippen molar-refractivity contribution in [1.29, 1.82) is 0 Å². The Balaban J connectivity index is 2.36. The Hall–Kier alpha value is -1.67. The van der Waals surface area contributed by atoms with Crippen LogP contribution in [0, 0.1) is 11.6 Å². The molecular weight excluding hydrogens is 338 g/mol. The quantitative estimate of drug-likeness (QED) is 0.838. The van der Waals surface area contributed by atoms with Crippen LogP contribution in [0.15, 0.2) is 28.9 Å². The minimum Gasteiger partial charge on any atom is -0.388 e. The van der Waals surface area contributed by atoms with Crippen molar-refractivity contribution < 1.29 is 8.78 Å². The fourth-order valence-corrected chi connectivity index (χ4v) is 1.85. The molecule has 0 radical (unpaired) electrons. The van der Waals surface area contributed by atoms with Crippen LogP contribution in [-0.4, -0.2) is 15.0 Å². The van der Waals surface area contributed by atoms with Gasteiger partial charge in [0.15, 0.2) is 11.6 Å². The van der Waals surface area contributed by atoms with Gasteiger partial charge in [-0.25, -0.2) is 18.7 Å². The second kappa shape index (κ2) is 5.54. The predicted octanol–water partition coefficient (Wildman–Crippen LogP) is 2.90. The summed E-state index contributed by atoms with van der Waals surface area (Å²) in [5.41, 5.74) is 5.38. The van der Waals surface area contributed by atoms with Crippen LogP contribution in [0.5, 0.6) is 0 Å². The van der Waals surface area contributed by atoms with Crippen molar-refractivity contribution in [2.24, 2.45) is 5.73 Å². The van der Waals surface area contributed by atoms with Crippen molar-refractivity contribution in [3.63, 3.8) is 0 Å². The zero-order chi connectivity index (χ0) is 14.0. The average molecular weight is 345 g/mol. The monoisotopic (exact) mass is 344 g/mol. The van der Waals surface area contributed by atoms with Gasteiger partial charge in [-0.3, -0.25) is 0 Å². The second-order valence-electron chi connectivity index (χ2n) is 3.50. The molecule has 2 rings (SSSR count). The normalized spacial score (nSPS) is 10.3. The van der Waals surface area contributed by atoms with E-state index in [2.05, 4.69) is 31.2 Å². The Morgan fingerprint density at radius 1 is 1.32 bits per heavy atom. The molecule has 3 N–H and O–H groups in total. The first-order valence-corrected chi connectivity index (χ1v) is 6.22. The van der Waals surface area contributed by atoms with Gasteiger partial charge in [0.05, 0.1) is 0 Å². The van der Waals surface area contributed by atoms with E-state index < -0.39 is 11.6 Å². The van der Waals surface area contributed by atoms with E-state index in [1.54, 1.807) is 0 Å². The van der Waals surface area contributed by atoms with E-state index >= 15 is 0 Å². The predicted molar refractivity (Wildman–Crippen MR) is 75.3 cm³/mol. The highest BCUT2D eigenvalue weighted by molar-refractivity contribution is 9.10. The topological polar surface area (TPSA) is 63.8 Å². The molecule has 19 heavy (non-hydrogen) atoms. The van der Waals surface area contributed by atoms with Gasteiger partial charge in [-0.05, 0) is 18.2 Å². The zero-order valence-corrected chi connectivity index (χ0v) is 11.7. The number of benzene rings is 1. The molecule has 0 amide bonds. The highest BCUT2D eigenvalue weighted by Gasteiger charge is 2.12. The number of thiocarbonyl (C=S) groups is 1. The summed E-state index contributed by atoms with van der Waals surface area (Å²) in [4.78, 5) is 7.85. The number of hydrogen-bond acceptors (Lipinski definition) is 4. The summed E-state index contributed by atoms with van der Waals surface area (Å²) in [6, 6.07) is 3.76. The SMILES string of the molecule is NC(=S)c1ccnc(Nc2c(F)cc(Br)cc2F)n1. The maximum Gasteiger partial charge on any atom is 0.227 e. The zero-order valence-electron chi connectivity index (χ0n) is 9.32. The van der Waals surface area contributed by atoms with Crippen molar-refractivity contribution in [1.82, 2.24) is 9.97 Å². The van der Waals surface area contributed by atoms with Crippen LogP contribution < -0.4 is 11.1 Å². The molecule has 0 aliphatic carbocycles. The summed E-state index contributed by atoms with van der Waals surface area (Å²) in [6.45, 7) is 0. The Morgan fingerprint density at radius 2 is 1.95 bits per heavy atom. The lowest BCUT2D eigenvalue weighted by molar-refractivity contribution is 0.589. The number of nitrogens with two attached hydrogens (primary N) is 1.